The molecule has 2 atom stereocenters. The molecular formula is C15H20N2O4. The average molecular weight is 292 g/mol. The minimum Gasteiger partial charge on any atom is -0.480 e. The van der Waals surface area contributed by atoms with E-state index in [1.165, 1.54) is 9.80 Å². The normalized spacial score (nSPS) is 21.4. The van der Waals surface area contributed by atoms with Gasteiger partial charge in [-0.1, -0.05) is 12.1 Å². The third kappa shape index (κ3) is 3.16. The molecule has 1 aromatic rings. The van der Waals surface area contributed by atoms with Crippen molar-refractivity contribution < 1.29 is 19.8 Å². The van der Waals surface area contributed by atoms with Gasteiger partial charge in [-0.15, -0.1) is 0 Å². The van der Waals surface area contributed by atoms with Gasteiger partial charge in [0, 0.05) is 25.2 Å². The molecular weight excluding hydrogens is 272 g/mol. The summed E-state index contributed by atoms with van der Waals surface area (Å²) in [7, 11) is 0. The number of aliphatic carboxylic acids is 1. The van der Waals surface area contributed by atoms with Gasteiger partial charge in [-0.05, 0) is 31.5 Å². The van der Waals surface area contributed by atoms with Crippen LogP contribution >= 0.6 is 0 Å². The SMILES string of the molecule is CCN(C(=O)N1C[C@@H](O)C[C@H]1C(=O)O)c1cccc(C)c1. The first-order valence-electron chi connectivity index (χ1n) is 6.99. The lowest BCUT2D eigenvalue weighted by Crippen LogP contribution is -2.48. The van der Waals surface area contributed by atoms with Gasteiger partial charge in [0.15, 0.2) is 0 Å². The number of benzene rings is 1. The molecule has 2 rings (SSSR count). The van der Waals surface area contributed by atoms with E-state index in [0.717, 1.165) is 11.3 Å². The number of carboxylic acid groups (broad SMARTS) is 1. The molecule has 2 N–H and O–H groups in total. The Morgan fingerprint density at radius 2 is 2.14 bits per heavy atom. The number of hydrogen-bond donors (Lipinski definition) is 2. The second-order valence-electron chi connectivity index (χ2n) is 5.26. The summed E-state index contributed by atoms with van der Waals surface area (Å²) in [5.41, 5.74) is 1.75. The molecule has 1 aliphatic heterocycles. The Morgan fingerprint density at radius 1 is 1.43 bits per heavy atom. The fraction of sp³-hybridized carbons (Fsp3) is 0.467. The smallest absolute Gasteiger partial charge is 0.326 e. The number of aliphatic hydroxyl groups is 1. The van der Waals surface area contributed by atoms with Crippen LogP contribution in [0.5, 0.6) is 0 Å². The molecule has 0 aliphatic carbocycles. The van der Waals surface area contributed by atoms with Crippen molar-refractivity contribution in [3.63, 3.8) is 0 Å². The number of aryl methyl sites for hydroxylation is 1. The fourth-order valence-electron chi connectivity index (χ4n) is 2.64. The van der Waals surface area contributed by atoms with E-state index >= 15 is 0 Å². The van der Waals surface area contributed by atoms with E-state index in [1.54, 1.807) is 0 Å². The van der Waals surface area contributed by atoms with Gasteiger partial charge in [-0.3, -0.25) is 4.90 Å². The highest BCUT2D eigenvalue weighted by Crippen LogP contribution is 2.23. The van der Waals surface area contributed by atoms with Gasteiger partial charge in [0.2, 0.25) is 0 Å². The summed E-state index contributed by atoms with van der Waals surface area (Å²) in [5, 5.41) is 18.9. The molecule has 6 heteroatoms. The summed E-state index contributed by atoms with van der Waals surface area (Å²) in [5.74, 6) is -1.08. The summed E-state index contributed by atoms with van der Waals surface area (Å²) in [6, 6.07) is 6.13. The number of urea groups is 1. The van der Waals surface area contributed by atoms with Crippen LogP contribution in [0.2, 0.25) is 0 Å². The predicted octanol–water partition coefficient (Wildman–Crippen LogP) is 1.46. The van der Waals surface area contributed by atoms with E-state index < -0.39 is 18.1 Å². The zero-order valence-corrected chi connectivity index (χ0v) is 12.2. The molecule has 0 bridgehead atoms. The number of carboxylic acids is 1. The van der Waals surface area contributed by atoms with Gasteiger partial charge in [-0.25, -0.2) is 9.59 Å². The van der Waals surface area contributed by atoms with Crippen molar-refractivity contribution in [1.82, 2.24) is 4.90 Å². The van der Waals surface area contributed by atoms with E-state index in [4.69, 9.17) is 0 Å². The molecule has 2 amide bonds. The molecule has 0 unspecified atom stereocenters. The minimum absolute atomic E-state index is 0.0537. The molecule has 6 nitrogen and oxygen atoms in total. The summed E-state index contributed by atoms with van der Waals surface area (Å²) in [4.78, 5) is 26.6. The number of amides is 2. The highest BCUT2D eigenvalue weighted by atomic mass is 16.4. The molecule has 0 saturated carbocycles. The van der Waals surface area contributed by atoms with E-state index in [1.807, 2.05) is 38.1 Å². The number of nitrogens with zero attached hydrogens (tertiary/aromatic N) is 2. The Labute approximate surface area is 123 Å². The summed E-state index contributed by atoms with van der Waals surface area (Å²) < 4.78 is 0. The Morgan fingerprint density at radius 3 is 2.71 bits per heavy atom. The zero-order chi connectivity index (χ0) is 15.6. The van der Waals surface area contributed by atoms with Gasteiger partial charge in [0.25, 0.3) is 0 Å². The van der Waals surface area contributed by atoms with Crippen LogP contribution in [0, 0.1) is 6.92 Å². The van der Waals surface area contributed by atoms with Crippen molar-refractivity contribution in [3.05, 3.63) is 29.8 Å². The molecule has 0 spiro atoms. The number of carbonyl (C=O) groups is 2. The lowest BCUT2D eigenvalue weighted by atomic mass is 10.2. The van der Waals surface area contributed by atoms with Crippen molar-refractivity contribution >= 4 is 17.7 Å². The van der Waals surface area contributed by atoms with Crippen LogP contribution in [0.25, 0.3) is 0 Å². The molecule has 0 radical (unpaired) electrons. The van der Waals surface area contributed by atoms with Crippen LogP contribution in [0.3, 0.4) is 0 Å². The number of rotatable bonds is 3. The average Bonchev–Trinajstić information content (AvgIpc) is 2.82. The maximum atomic E-state index is 12.6. The van der Waals surface area contributed by atoms with Crippen LogP contribution in [0.1, 0.15) is 18.9 Å². The van der Waals surface area contributed by atoms with Gasteiger partial charge < -0.3 is 15.1 Å². The fourth-order valence-corrected chi connectivity index (χ4v) is 2.64. The highest BCUT2D eigenvalue weighted by molar-refractivity contribution is 5.95. The summed E-state index contributed by atoms with van der Waals surface area (Å²) >= 11 is 0. The standard InChI is InChI=1S/C15H20N2O4/c1-3-16(11-6-4-5-10(2)7-11)15(21)17-9-12(18)8-13(17)14(19)20/h4-7,12-13,18H,3,8-9H2,1-2H3,(H,19,20)/t12-,13-/m0/s1. The van der Waals surface area contributed by atoms with Gasteiger partial charge >= 0.3 is 12.0 Å². The first-order valence-corrected chi connectivity index (χ1v) is 6.99. The Hall–Kier alpha value is -2.08. The highest BCUT2D eigenvalue weighted by Gasteiger charge is 2.40. The van der Waals surface area contributed by atoms with Gasteiger partial charge in [0.05, 0.1) is 6.10 Å². The van der Waals surface area contributed by atoms with Crippen LogP contribution in [-0.2, 0) is 4.79 Å². The monoisotopic (exact) mass is 292 g/mol. The number of likely N-dealkylation sites (tertiary alicyclic amines) is 1. The maximum Gasteiger partial charge on any atom is 0.326 e. The molecule has 1 saturated heterocycles. The van der Waals surface area contributed by atoms with Crippen molar-refractivity contribution in [2.75, 3.05) is 18.0 Å². The third-order valence-electron chi connectivity index (χ3n) is 3.67. The van der Waals surface area contributed by atoms with E-state index in [-0.39, 0.29) is 19.0 Å². The topological polar surface area (TPSA) is 81.1 Å². The van der Waals surface area contributed by atoms with Crippen molar-refractivity contribution in [2.24, 2.45) is 0 Å². The third-order valence-corrected chi connectivity index (χ3v) is 3.67. The van der Waals surface area contributed by atoms with Crippen LogP contribution in [0.4, 0.5) is 10.5 Å². The molecule has 1 aromatic carbocycles. The Bertz CT molecular complexity index is 546. The van der Waals surface area contributed by atoms with Crippen molar-refractivity contribution in [2.45, 2.75) is 32.4 Å². The van der Waals surface area contributed by atoms with E-state index in [9.17, 15) is 19.8 Å². The number of β-amino-alcohol motifs (C(OH)–C–C–N with tert-alkyl or cyclic N) is 1. The maximum absolute atomic E-state index is 12.6. The van der Waals surface area contributed by atoms with Gasteiger partial charge in [-0.2, -0.15) is 0 Å². The van der Waals surface area contributed by atoms with Gasteiger partial charge in [0.1, 0.15) is 6.04 Å². The Kier molecular flexibility index (Phi) is 4.47. The predicted molar refractivity (Wildman–Crippen MR) is 78.3 cm³/mol. The minimum atomic E-state index is -1.08. The number of hydrogen-bond acceptors (Lipinski definition) is 3. The first-order chi connectivity index (χ1) is 9.93. The first kappa shape index (κ1) is 15.3. The largest absolute Gasteiger partial charge is 0.480 e. The number of anilines is 1. The summed E-state index contributed by atoms with van der Waals surface area (Å²) in [6.45, 7) is 4.25. The van der Waals surface area contributed by atoms with Crippen LogP contribution in [-0.4, -0.2) is 52.3 Å². The second-order valence-corrected chi connectivity index (χ2v) is 5.26. The zero-order valence-electron chi connectivity index (χ0n) is 12.2. The second kappa shape index (κ2) is 6.13. The lowest BCUT2D eigenvalue weighted by molar-refractivity contribution is -0.141. The van der Waals surface area contributed by atoms with Crippen molar-refractivity contribution in [3.8, 4) is 0 Å². The van der Waals surface area contributed by atoms with Crippen molar-refractivity contribution in [1.29, 1.82) is 0 Å². The molecule has 1 aliphatic rings. The molecule has 1 fully saturated rings. The quantitative estimate of drug-likeness (QED) is 0.883. The summed E-state index contributed by atoms with van der Waals surface area (Å²) in [6.07, 6.45) is -0.710. The van der Waals surface area contributed by atoms with Crippen LogP contribution < -0.4 is 4.90 Å². The number of carbonyl (C=O) groups excluding carboxylic acids is 1. The van der Waals surface area contributed by atoms with E-state index in [0.29, 0.717) is 6.54 Å². The molecule has 114 valence electrons. The molecule has 1 heterocycles. The van der Waals surface area contributed by atoms with Crippen LogP contribution in [0.15, 0.2) is 24.3 Å². The molecule has 0 aromatic heterocycles. The number of aliphatic hydroxyl groups excluding tert-OH is 1. The lowest BCUT2D eigenvalue weighted by Gasteiger charge is -2.29. The Balaban J connectivity index is 2.26. The van der Waals surface area contributed by atoms with E-state index in [2.05, 4.69) is 0 Å². The molecule has 21 heavy (non-hydrogen) atoms.